The standard InChI is InChI=1S/C28H34Cl2N2O5S2.C21H32N2O4S2.C7H3Cl3O.CH4/c1-37-26(34)23(32-27(38)28(14-3-4-15-28)16-5-6-17-39(2,35)36)18-19-10-12-20(13-11-19)31-25(33)24-21(29)8-7-9-22(24)30;1-27-19(24)18(15-16-7-9-17(22)10-8-16)23-20(28)21(11-3-4-12-21)13-5-6-14-29(2,25)26;8-4-2-1-3-5(9)6(4)7(10)11;/h7-13,23H,3-6,14-18H2,1-2H3,(H,31,33)(H,32,38);7-10,18H,3-6,11-15,22H2,1-2H3,(H,23,28);1-3H;1H4. The van der Waals surface area contributed by atoms with Crippen LogP contribution in [0.2, 0.25) is 20.1 Å². The minimum atomic E-state index is -3.00. The Kier molecular flexibility index (Phi) is 29.2. The molecule has 0 radical (unpaired) electrons. The number of carbonyl (C=O) groups excluding carboxylic acids is 4. The predicted molar refractivity (Wildman–Crippen MR) is 334 cm³/mol. The third-order valence-corrected chi connectivity index (χ3v) is 18.5. The lowest BCUT2D eigenvalue weighted by Gasteiger charge is -2.33. The number of ether oxygens (including phenoxy) is 2. The van der Waals surface area contributed by atoms with Crippen LogP contribution in [-0.2, 0) is 51.6 Å². The Hall–Kier alpha value is -4.11. The van der Waals surface area contributed by atoms with Gasteiger partial charge in [-0.15, -0.1) is 0 Å². The van der Waals surface area contributed by atoms with Crippen molar-refractivity contribution in [3.63, 3.8) is 0 Å². The van der Waals surface area contributed by atoms with Crippen molar-refractivity contribution in [2.24, 2.45) is 10.8 Å². The van der Waals surface area contributed by atoms with Crippen molar-refractivity contribution in [3.05, 3.63) is 127 Å². The van der Waals surface area contributed by atoms with Gasteiger partial charge in [0, 0.05) is 59.1 Å². The van der Waals surface area contributed by atoms with Gasteiger partial charge in [-0.25, -0.2) is 26.4 Å². The molecule has 2 fully saturated rings. The van der Waals surface area contributed by atoms with E-state index in [1.807, 2.05) is 36.4 Å². The maximum atomic E-state index is 12.7. The number of hydrogen-bond acceptors (Lipinski definition) is 13. The highest BCUT2D eigenvalue weighted by atomic mass is 35.5. The first-order valence-electron chi connectivity index (χ1n) is 25.7. The molecule has 0 bridgehead atoms. The molecule has 0 spiro atoms. The number of nitrogen functional groups attached to an aromatic ring is 1. The Labute approximate surface area is 508 Å². The van der Waals surface area contributed by atoms with Gasteiger partial charge in [-0.2, -0.15) is 0 Å². The minimum Gasteiger partial charge on any atom is -0.467 e. The number of anilines is 2. The van der Waals surface area contributed by atoms with E-state index in [2.05, 4.69) is 16.0 Å². The summed E-state index contributed by atoms with van der Waals surface area (Å²) in [6.07, 6.45) is 15.7. The number of methoxy groups -OCH3 is 2. The fourth-order valence-corrected chi connectivity index (χ4v) is 13.5. The lowest BCUT2D eigenvalue weighted by atomic mass is 9.80. The summed E-state index contributed by atoms with van der Waals surface area (Å²) in [5, 5.41) is 9.77. The van der Waals surface area contributed by atoms with Crippen molar-refractivity contribution >= 4 is 147 Å². The molecule has 2 atom stereocenters. The Bertz CT molecular complexity index is 2940. The van der Waals surface area contributed by atoms with Gasteiger partial charge in [-0.05, 0) is 123 Å². The van der Waals surface area contributed by atoms with Crippen molar-refractivity contribution in [1.82, 2.24) is 10.6 Å². The largest absolute Gasteiger partial charge is 0.467 e. The van der Waals surface area contributed by atoms with Crippen LogP contribution >= 0.6 is 82.4 Å². The summed E-state index contributed by atoms with van der Waals surface area (Å²) in [7, 11) is -3.23. The van der Waals surface area contributed by atoms with E-state index in [0.717, 1.165) is 88.2 Å². The third kappa shape index (κ3) is 22.6. The van der Waals surface area contributed by atoms with Gasteiger partial charge < -0.3 is 31.2 Å². The van der Waals surface area contributed by atoms with E-state index in [9.17, 15) is 36.0 Å². The molecule has 0 heterocycles. The van der Waals surface area contributed by atoms with Gasteiger partial charge in [0.15, 0.2) is 0 Å². The highest BCUT2D eigenvalue weighted by Gasteiger charge is 2.40. The number of esters is 2. The van der Waals surface area contributed by atoms with Crippen LogP contribution < -0.4 is 21.7 Å². The van der Waals surface area contributed by atoms with Crippen LogP contribution in [0.1, 0.15) is 129 Å². The number of hydrogen-bond donors (Lipinski definition) is 4. The third-order valence-electron chi connectivity index (χ3n) is 13.9. The summed E-state index contributed by atoms with van der Waals surface area (Å²) in [4.78, 5) is 49.7. The van der Waals surface area contributed by atoms with E-state index < -0.39 is 48.9 Å². The Morgan fingerprint density at radius 1 is 0.588 bits per heavy atom. The highest BCUT2D eigenvalue weighted by Crippen LogP contribution is 2.45. The molecule has 1 amide bonds. The van der Waals surface area contributed by atoms with E-state index in [-0.39, 0.29) is 66.9 Å². The fraction of sp³-hybridized carbons (Fsp3) is 0.474. The number of amides is 1. The smallest absolute Gasteiger partial charge is 0.328 e. The molecule has 4 aromatic rings. The molecular formula is C57H73Cl5N4O10S4. The molecular weight excluding hydrogens is 1210 g/mol. The van der Waals surface area contributed by atoms with Gasteiger partial charge in [0.1, 0.15) is 31.8 Å². The number of benzene rings is 4. The van der Waals surface area contributed by atoms with Gasteiger partial charge in [0.05, 0.1) is 55.4 Å². The molecule has 2 saturated carbocycles. The van der Waals surface area contributed by atoms with Crippen LogP contribution in [-0.4, -0.2) is 100 Å². The summed E-state index contributed by atoms with van der Waals surface area (Å²) < 4.78 is 55.9. The molecule has 0 aliphatic heterocycles. The van der Waals surface area contributed by atoms with E-state index in [0.29, 0.717) is 47.0 Å². The number of thiocarbonyl (C=S) groups is 2. The van der Waals surface area contributed by atoms with Crippen LogP contribution in [0.25, 0.3) is 0 Å². The molecule has 440 valence electrons. The van der Waals surface area contributed by atoms with Crippen molar-refractivity contribution in [3.8, 4) is 0 Å². The molecule has 14 nitrogen and oxygen atoms in total. The molecule has 4 aromatic carbocycles. The molecule has 6 rings (SSSR count). The molecule has 0 saturated heterocycles. The summed E-state index contributed by atoms with van der Waals surface area (Å²) in [6, 6.07) is 22.9. The Morgan fingerprint density at radius 3 is 1.26 bits per heavy atom. The number of rotatable bonds is 23. The second-order valence-electron chi connectivity index (χ2n) is 20.0. The molecule has 2 aliphatic carbocycles. The van der Waals surface area contributed by atoms with Crippen molar-refractivity contribution in [2.45, 2.75) is 122 Å². The number of halogens is 5. The van der Waals surface area contributed by atoms with Crippen LogP contribution in [0.3, 0.4) is 0 Å². The SMILES string of the molecule is C.COC(=O)C(Cc1ccc(N)cc1)NC(=S)C1(CCCCS(C)(=O)=O)CCCC1.COC(=O)C(Cc1ccc(NC(=O)c2c(Cl)cccc2Cl)cc1)NC(=S)C1(CCCCS(C)(=O)=O)CCCC1.O=C(Cl)c1c(Cl)cccc1Cl. The van der Waals surface area contributed by atoms with Gasteiger partial charge in [0.25, 0.3) is 11.1 Å². The van der Waals surface area contributed by atoms with Gasteiger partial charge in [0.2, 0.25) is 0 Å². The maximum absolute atomic E-state index is 12.7. The summed E-state index contributed by atoms with van der Waals surface area (Å²) in [5.74, 6) is -0.833. The fourth-order valence-electron chi connectivity index (χ4n) is 9.68. The monoisotopic (exact) mass is 1280 g/mol. The molecule has 23 heteroatoms. The predicted octanol–water partition coefficient (Wildman–Crippen LogP) is 13.1. The van der Waals surface area contributed by atoms with Gasteiger partial charge >= 0.3 is 11.9 Å². The normalized spacial score (nSPS) is 15.0. The Morgan fingerprint density at radius 2 is 0.938 bits per heavy atom. The van der Waals surface area contributed by atoms with Crippen LogP contribution in [0.5, 0.6) is 0 Å². The van der Waals surface area contributed by atoms with Crippen LogP contribution in [0.15, 0.2) is 84.9 Å². The second-order valence-corrected chi connectivity index (χ2v) is 27.3. The molecule has 2 aliphatic rings. The topological polar surface area (TPSA) is 217 Å². The van der Waals surface area contributed by atoms with Crippen molar-refractivity contribution in [1.29, 1.82) is 0 Å². The van der Waals surface area contributed by atoms with Gasteiger partial charge in [-0.3, -0.25) is 9.59 Å². The van der Waals surface area contributed by atoms with Crippen LogP contribution in [0.4, 0.5) is 11.4 Å². The number of unbranched alkanes of at least 4 members (excludes halogenated alkanes) is 2. The first-order valence-corrected chi connectivity index (χ1v) is 32.5. The van der Waals surface area contributed by atoms with Crippen molar-refractivity contribution in [2.75, 3.05) is 49.3 Å². The van der Waals surface area contributed by atoms with E-state index in [1.165, 1.54) is 26.7 Å². The maximum Gasteiger partial charge on any atom is 0.328 e. The summed E-state index contributed by atoms with van der Waals surface area (Å²) >= 11 is 40.4. The van der Waals surface area contributed by atoms with Gasteiger partial charge in [-0.1, -0.05) is 153 Å². The number of nitrogens with two attached hydrogens (primary N) is 1. The number of sulfone groups is 2. The summed E-state index contributed by atoms with van der Waals surface area (Å²) in [5.41, 5.74) is 8.74. The number of nitrogens with one attached hydrogen (secondary N) is 3. The number of carbonyl (C=O) groups is 4. The first-order chi connectivity index (χ1) is 37.2. The molecule has 0 aromatic heterocycles. The van der Waals surface area contributed by atoms with E-state index in [1.54, 1.807) is 48.5 Å². The molecule has 2 unspecified atom stereocenters. The van der Waals surface area contributed by atoms with Crippen LogP contribution in [0, 0.1) is 10.8 Å². The average Bonchev–Trinajstić information content (AvgIpc) is 4.09. The Balaban J connectivity index is 0.000000358. The highest BCUT2D eigenvalue weighted by molar-refractivity contribution is 7.90. The summed E-state index contributed by atoms with van der Waals surface area (Å²) in [6.45, 7) is 0. The zero-order valence-corrected chi connectivity index (χ0v) is 51.7. The lowest BCUT2D eigenvalue weighted by molar-refractivity contribution is -0.143. The first kappa shape index (κ1) is 70.2. The zero-order chi connectivity index (χ0) is 58.6. The zero-order valence-electron chi connectivity index (χ0n) is 44.6. The lowest BCUT2D eigenvalue weighted by Crippen LogP contribution is -2.48. The minimum absolute atomic E-state index is 0. The van der Waals surface area contributed by atoms with E-state index >= 15 is 0 Å². The quantitative estimate of drug-likeness (QED) is 0.0179. The second kappa shape index (κ2) is 33.3. The molecule has 5 N–H and O–H groups in total. The average molecular weight is 1280 g/mol. The van der Waals surface area contributed by atoms with E-state index in [4.69, 9.17) is 97.6 Å². The molecule has 80 heavy (non-hydrogen) atoms. The van der Waals surface area contributed by atoms with Crippen molar-refractivity contribution < 1.29 is 45.5 Å².